The molecule has 1 aromatic heterocycles. The van der Waals surface area contributed by atoms with Crippen molar-refractivity contribution in [1.29, 1.82) is 0 Å². The number of nitrogens with one attached hydrogen (secondary N) is 2. The largest absolute Gasteiger partial charge is 0.481 e. The van der Waals surface area contributed by atoms with E-state index in [0.717, 1.165) is 36.3 Å². The quantitative estimate of drug-likeness (QED) is 0.885. The van der Waals surface area contributed by atoms with E-state index in [1.165, 1.54) is 0 Å². The molecule has 3 heterocycles. The highest BCUT2D eigenvalue weighted by Crippen LogP contribution is 2.37. The number of fused-ring (bicyclic) bond motifs is 1. The number of hydrogen-bond donors (Lipinski definition) is 2. The van der Waals surface area contributed by atoms with E-state index in [1.807, 2.05) is 30.6 Å². The van der Waals surface area contributed by atoms with E-state index < -0.39 is 0 Å². The summed E-state index contributed by atoms with van der Waals surface area (Å²) in [6.45, 7) is 1.06. The van der Waals surface area contributed by atoms with Crippen LogP contribution in [-0.2, 0) is 4.79 Å². The number of anilines is 1. The van der Waals surface area contributed by atoms with E-state index >= 15 is 0 Å². The molecular weight excluding hydrogens is 280 g/mol. The first-order chi connectivity index (χ1) is 10.8. The van der Waals surface area contributed by atoms with Gasteiger partial charge in [-0.25, -0.2) is 9.97 Å². The van der Waals surface area contributed by atoms with Gasteiger partial charge in [0.1, 0.15) is 5.82 Å². The fourth-order valence-electron chi connectivity index (χ4n) is 2.90. The van der Waals surface area contributed by atoms with Crippen LogP contribution >= 0.6 is 0 Å². The Kier molecular flexibility index (Phi) is 3.23. The zero-order chi connectivity index (χ0) is 14.9. The van der Waals surface area contributed by atoms with Crippen molar-refractivity contribution in [2.24, 2.45) is 0 Å². The van der Waals surface area contributed by atoms with Crippen LogP contribution in [0.5, 0.6) is 5.75 Å². The topological polar surface area (TPSA) is 76.1 Å². The summed E-state index contributed by atoms with van der Waals surface area (Å²) in [4.78, 5) is 20.4. The fourth-order valence-corrected chi connectivity index (χ4v) is 2.90. The third kappa shape index (κ3) is 2.31. The van der Waals surface area contributed by atoms with Gasteiger partial charge in [-0.2, -0.15) is 0 Å². The Morgan fingerprint density at radius 1 is 1.23 bits per heavy atom. The van der Waals surface area contributed by atoms with Crippen molar-refractivity contribution in [3.63, 3.8) is 0 Å². The van der Waals surface area contributed by atoms with Gasteiger partial charge in [0.2, 0.25) is 0 Å². The van der Waals surface area contributed by atoms with E-state index in [9.17, 15) is 4.79 Å². The Morgan fingerprint density at radius 2 is 2.09 bits per heavy atom. The Hall–Kier alpha value is -2.47. The van der Waals surface area contributed by atoms with Gasteiger partial charge in [-0.15, -0.1) is 0 Å². The summed E-state index contributed by atoms with van der Waals surface area (Å²) in [5, 5.41) is 6.20. The van der Waals surface area contributed by atoms with Crippen LogP contribution in [0.2, 0.25) is 0 Å². The zero-order valence-electron chi connectivity index (χ0n) is 12.0. The van der Waals surface area contributed by atoms with Gasteiger partial charge in [0, 0.05) is 23.5 Å². The predicted molar refractivity (Wildman–Crippen MR) is 81.6 cm³/mol. The Balaban J connectivity index is 1.67. The summed E-state index contributed by atoms with van der Waals surface area (Å²) in [6, 6.07) is 5.92. The molecule has 4 rings (SSSR count). The van der Waals surface area contributed by atoms with Gasteiger partial charge >= 0.3 is 0 Å². The van der Waals surface area contributed by atoms with Crippen LogP contribution in [0.4, 0.5) is 5.69 Å². The fraction of sp³-hybridized carbons (Fsp3) is 0.312. The molecule has 0 saturated carbocycles. The SMILES string of the molecule is O=C1COc2c(cccc2-c2cnc(C3CCCN3)nc2)N1. The van der Waals surface area contributed by atoms with E-state index in [0.29, 0.717) is 11.4 Å². The molecule has 0 aliphatic carbocycles. The molecule has 2 N–H and O–H groups in total. The summed E-state index contributed by atoms with van der Waals surface area (Å²) in [5.41, 5.74) is 2.47. The molecule has 2 aliphatic rings. The van der Waals surface area contributed by atoms with Crippen molar-refractivity contribution in [2.45, 2.75) is 18.9 Å². The van der Waals surface area contributed by atoms with E-state index in [-0.39, 0.29) is 18.6 Å². The average Bonchev–Trinajstić information content (AvgIpc) is 3.09. The number of benzene rings is 1. The third-order valence-corrected chi connectivity index (χ3v) is 3.99. The summed E-state index contributed by atoms with van der Waals surface area (Å²) in [6.07, 6.45) is 5.88. The molecule has 6 heteroatoms. The molecule has 112 valence electrons. The van der Waals surface area contributed by atoms with Crippen molar-refractivity contribution in [1.82, 2.24) is 15.3 Å². The third-order valence-electron chi connectivity index (χ3n) is 3.99. The highest BCUT2D eigenvalue weighted by atomic mass is 16.5. The van der Waals surface area contributed by atoms with Crippen molar-refractivity contribution >= 4 is 11.6 Å². The summed E-state index contributed by atoms with van der Waals surface area (Å²) in [7, 11) is 0. The highest BCUT2D eigenvalue weighted by Gasteiger charge is 2.21. The lowest BCUT2D eigenvalue weighted by Gasteiger charge is -2.20. The molecule has 0 spiro atoms. The monoisotopic (exact) mass is 296 g/mol. The van der Waals surface area contributed by atoms with Gasteiger partial charge in [-0.1, -0.05) is 12.1 Å². The molecule has 0 radical (unpaired) electrons. The second-order valence-electron chi connectivity index (χ2n) is 5.50. The normalized spacial score (nSPS) is 20.2. The zero-order valence-corrected chi connectivity index (χ0v) is 12.0. The average molecular weight is 296 g/mol. The van der Waals surface area contributed by atoms with Crippen LogP contribution in [-0.4, -0.2) is 29.0 Å². The molecule has 1 atom stereocenters. The molecule has 0 bridgehead atoms. The lowest BCUT2D eigenvalue weighted by molar-refractivity contribution is -0.118. The van der Waals surface area contributed by atoms with Gasteiger partial charge in [-0.05, 0) is 25.5 Å². The van der Waals surface area contributed by atoms with Gasteiger partial charge in [-0.3, -0.25) is 4.79 Å². The maximum atomic E-state index is 11.4. The number of carbonyl (C=O) groups excluding carboxylic acids is 1. The van der Waals surface area contributed by atoms with E-state index in [1.54, 1.807) is 0 Å². The first-order valence-corrected chi connectivity index (χ1v) is 7.42. The second-order valence-corrected chi connectivity index (χ2v) is 5.50. The minimum atomic E-state index is -0.136. The number of rotatable bonds is 2. The number of nitrogens with zero attached hydrogens (tertiary/aromatic N) is 2. The van der Waals surface area contributed by atoms with E-state index in [4.69, 9.17) is 4.74 Å². The van der Waals surface area contributed by atoms with Crippen molar-refractivity contribution in [2.75, 3.05) is 18.5 Å². The first-order valence-electron chi connectivity index (χ1n) is 7.42. The molecule has 1 saturated heterocycles. The van der Waals surface area contributed by atoms with Gasteiger partial charge in [0.05, 0.1) is 11.7 Å². The van der Waals surface area contributed by atoms with Crippen LogP contribution in [0, 0.1) is 0 Å². The number of para-hydroxylation sites is 1. The Morgan fingerprint density at radius 3 is 2.86 bits per heavy atom. The number of amides is 1. The highest BCUT2D eigenvalue weighted by molar-refractivity contribution is 5.97. The maximum Gasteiger partial charge on any atom is 0.262 e. The summed E-state index contributed by atoms with van der Waals surface area (Å²) < 4.78 is 5.57. The van der Waals surface area contributed by atoms with Gasteiger partial charge < -0.3 is 15.4 Å². The molecule has 1 aromatic carbocycles. The Bertz CT molecular complexity index is 709. The molecule has 1 fully saturated rings. The first kappa shape index (κ1) is 13.2. The maximum absolute atomic E-state index is 11.4. The number of ether oxygens (including phenoxy) is 1. The lowest BCUT2D eigenvalue weighted by atomic mass is 10.1. The molecule has 6 nitrogen and oxygen atoms in total. The Labute approximate surface area is 127 Å². The lowest BCUT2D eigenvalue weighted by Crippen LogP contribution is -2.25. The van der Waals surface area contributed by atoms with Gasteiger partial charge in [0.25, 0.3) is 5.91 Å². The molecule has 2 aromatic rings. The van der Waals surface area contributed by atoms with Crippen molar-refractivity contribution in [3.05, 3.63) is 36.4 Å². The van der Waals surface area contributed by atoms with Crippen LogP contribution < -0.4 is 15.4 Å². The standard InChI is InChI=1S/C16H16N4O2/c21-14-9-22-15-11(3-1-4-12(15)20-14)10-7-18-16(19-8-10)13-5-2-6-17-13/h1,3-4,7-8,13,17H,2,5-6,9H2,(H,20,21). The van der Waals surface area contributed by atoms with Crippen LogP contribution in [0.1, 0.15) is 24.7 Å². The minimum Gasteiger partial charge on any atom is -0.481 e. The number of aromatic nitrogens is 2. The van der Waals surface area contributed by atoms with Crippen molar-refractivity contribution < 1.29 is 9.53 Å². The number of hydrogen-bond acceptors (Lipinski definition) is 5. The molecule has 2 aliphatic heterocycles. The predicted octanol–water partition coefficient (Wildman–Crippen LogP) is 1.90. The van der Waals surface area contributed by atoms with Gasteiger partial charge in [0.15, 0.2) is 12.4 Å². The molecule has 1 unspecified atom stereocenters. The van der Waals surface area contributed by atoms with Crippen LogP contribution in [0.15, 0.2) is 30.6 Å². The second kappa shape index (κ2) is 5.38. The van der Waals surface area contributed by atoms with Crippen LogP contribution in [0.3, 0.4) is 0 Å². The summed E-state index contributed by atoms with van der Waals surface area (Å²) >= 11 is 0. The smallest absolute Gasteiger partial charge is 0.262 e. The van der Waals surface area contributed by atoms with Crippen molar-refractivity contribution in [3.8, 4) is 16.9 Å². The molecular formula is C16H16N4O2. The van der Waals surface area contributed by atoms with E-state index in [2.05, 4.69) is 20.6 Å². The minimum absolute atomic E-state index is 0.0367. The number of carbonyl (C=O) groups is 1. The molecule has 1 amide bonds. The summed E-state index contributed by atoms with van der Waals surface area (Å²) in [5.74, 6) is 1.38. The molecule has 22 heavy (non-hydrogen) atoms. The van der Waals surface area contributed by atoms with Crippen LogP contribution in [0.25, 0.3) is 11.1 Å².